The summed E-state index contributed by atoms with van der Waals surface area (Å²) in [5.74, 6) is 0. The zero-order valence-corrected chi connectivity index (χ0v) is 14.2. The molecule has 0 amide bonds. The second kappa shape index (κ2) is 8.68. The van der Waals surface area contributed by atoms with Gasteiger partial charge in [-0.2, -0.15) is 0 Å². The highest BCUT2D eigenvalue weighted by Gasteiger charge is 2.22. The minimum atomic E-state index is 0.709. The molecule has 2 rings (SSSR count). The molecule has 0 aliphatic heterocycles. The number of rotatable bonds is 11. The lowest BCUT2D eigenvalue weighted by Crippen LogP contribution is -2.30. The molecule has 120 valence electrons. The van der Waals surface area contributed by atoms with Crippen molar-refractivity contribution >= 4 is 16.5 Å². The van der Waals surface area contributed by atoms with Crippen LogP contribution in [0.1, 0.15) is 30.3 Å². The number of nitrogens with zero attached hydrogens (tertiary/aromatic N) is 2. The molecule has 1 fully saturated rings. The van der Waals surface area contributed by atoms with Gasteiger partial charge in [-0.3, -0.25) is 0 Å². The fraction of sp³-hybridized carbons (Fsp3) is 0.800. The number of nitrogens with one attached hydrogen (secondary N) is 1. The topological polar surface area (TPSA) is 46.6 Å². The first kappa shape index (κ1) is 16.7. The maximum atomic E-state index is 5.21. The summed E-state index contributed by atoms with van der Waals surface area (Å²) in [6, 6.07) is 0.735. The maximum absolute atomic E-state index is 5.21. The Balaban J connectivity index is 2.02. The molecule has 0 spiro atoms. The van der Waals surface area contributed by atoms with E-state index >= 15 is 0 Å². The van der Waals surface area contributed by atoms with Crippen LogP contribution in [0.15, 0.2) is 0 Å². The Bertz CT molecular complexity index is 413. The Morgan fingerprint density at radius 1 is 1.24 bits per heavy atom. The van der Waals surface area contributed by atoms with Crippen LogP contribution in [0.25, 0.3) is 0 Å². The first-order valence-corrected chi connectivity index (χ1v) is 8.54. The second-order valence-electron chi connectivity index (χ2n) is 5.35. The number of hydrogen-bond donors (Lipinski definition) is 1. The molecular weight excluding hydrogens is 286 g/mol. The zero-order chi connectivity index (χ0) is 15.1. The van der Waals surface area contributed by atoms with Crippen LogP contribution in [0.3, 0.4) is 0 Å². The molecule has 0 atom stereocenters. The Morgan fingerprint density at radius 2 is 1.90 bits per heavy atom. The van der Waals surface area contributed by atoms with E-state index in [4.69, 9.17) is 14.5 Å². The van der Waals surface area contributed by atoms with Gasteiger partial charge in [-0.15, -0.1) is 11.3 Å². The monoisotopic (exact) mass is 313 g/mol. The van der Waals surface area contributed by atoms with Crippen molar-refractivity contribution in [2.75, 3.05) is 45.4 Å². The number of anilines is 1. The predicted octanol–water partition coefficient (Wildman–Crippen LogP) is 2.06. The molecule has 21 heavy (non-hydrogen) atoms. The van der Waals surface area contributed by atoms with E-state index in [0.717, 1.165) is 37.2 Å². The summed E-state index contributed by atoms with van der Waals surface area (Å²) >= 11 is 1.80. The largest absolute Gasteiger partial charge is 0.383 e. The number of methoxy groups -OCH3 is 2. The van der Waals surface area contributed by atoms with E-state index in [9.17, 15) is 0 Å². The Kier molecular flexibility index (Phi) is 6.89. The fourth-order valence-electron chi connectivity index (χ4n) is 2.15. The van der Waals surface area contributed by atoms with Crippen LogP contribution in [0.5, 0.6) is 0 Å². The van der Waals surface area contributed by atoms with E-state index in [1.165, 1.54) is 23.4 Å². The van der Waals surface area contributed by atoms with Crippen molar-refractivity contribution in [2.45, 2.75) is 38.8 Å². The summed E-state index contributed by atoms with van der Waals surface area (Å²) in [5.41, 5.74) is 1.22. The van der Waals surface area contributed by atoms with E-state index in [1.807, 2.05) is 0 Å². The standard InChI is InChI=1S/C15H27N3O2S/c1-4-13-14(11-16-12-5-6-12)21-15(17-13)18(7-9-19-2)8-10-20-3/h12,16H,4-11H2,1-3H3. The van der Waals surface area contributed by atoms with Crippen molar-refractivity contribution in [1.82, 2.24) is 10.3 Å². The van der Waals surface area contributed by atoms with E-state index in [2.05, 4.69) is 17.1 Å². The highest BCUT2D eigenvalue weighted by molar-refractivity contribution is 7.15. The van der Waals surface area contributed by atoms with E-state index in [0.29, 0.717) is 13.2 Å². The van der Waals surface area contributed by atoms with Gasteiger partial charge in [0, 0.05) is 44.8 Å². The quantitative estimate of drug-likeness (QED) is 0.677. The molecule has 0 unspecified atom stereocenters. The minimum Gasteiger partial charge on any atom is -0.383 e. The number of aryl methyl sites for hydroxylation is 1. The van der Waals surface area contributed by atoms with Gasteiger partial charge in [-0.1, -0.05) is 6.92 Å². The van der Waals surface area contributed by atoms with Gasteiger partial charge in [0.15, 0.2) is 5.13 Å². The predicted molar refractivity (Wildman–Crippen MR) is 87.3 cm³/mol. The number of hydrogen-bond acceptors (Lipinski definition) is 6. The molecule has 0 radical (unpaired) electrons. The smallest absolute Gasteiger partial charge is 0.185 e. The van der Waals surface area contributed by atoms with Gasteiger partial charge in [0.2, 0.25) is 0 Å². The highest BCUT2D eigenvalue weighted by Crippen LogP contribution is 2.28. The lowest BCUT2D eigenvalue weighted by Gasteiger charge is -2.20. The van der Waals surface area contributed by atoms with Crippen LogP contribution in [0, 0.1) is 0 Å². The zero-order valence-electron chi connectivity index (χ0n) is 13.4. The van der Waals surface area contributed by atoms with Crippen molar-refractivity contribution in [3.63, 3.8) is 0 Å². The molecule has 1 aromatic rings. The van der Waals surface area contributed by atoms with E-state index < -0.39 is 0 Å². The summed E-state index contributed by atoms with van der Waals surface area (Å²) in [7, 11) is 3.47. The maximum Gasteiger partial charge on any atom is 0.185 e. The van der Waals surface area contributed by atoms with Crippen molar-refractivity contribution in [3.8, 4) is 0 Å². The van der Waals surface area contributed by atoms with Crippen LogP contribution in [-0.4, -0.2) is 51.5 Å². The summed E-state index contributed by atoms with van der Waals surface area (Å²) in [6.07, 6.45) is 3.63. The second-order valence-corrected chi connectivity index (χ2v) is 6.41. The minimum absolute atomic E-state index is 0.709. The van der Waals surface area contributed by atoms with Gasteiger partial charge in [-0.25, -0.2) is 4.98 Å². The molecule has 1 N–H and O–H groups in total. The molecule has 5 nitrogen and oxygen atoms in total. The van der Waals surface area contributed by atoms with Gasteiger partial charge < -0.3 is 19.7 Å². The summed E-state index contributed by atoms with van der Waals surface area (Å²) in [6.45, 7) is 6.25. The van der Waals surface area contributed by atoms with Crippen molar-refractivity contribution in [3.05, 3.63) is 10.6 Å². The molecule has 1 aliphatic carbocycles. The first-order chi connectivity index (χ1) is 10.3. The molecule has 1 aliphatic rings. The van der Waals surface area contributed by atoms with Gasteiger partial charge in [0.25, 0.3) is 0 Å². The molecular formula is C15H27N3O2S. The van der Waals surface area contributed by atoms with Gasteiger partial charge >= 0.3 is 0 Å². The summed E-state index contributed by atoms with van der Waals surface area (Å²) < 4.78 is 10.4. The normalized spacial score (nSPS) is 14.6. The van der Waals surface area contributed by atoms with Crippen molar-refractivity contribution in [1.29, 1.82) is 0 Å². The molecule has 0 bridgehead atoms. The van der Waals surface area contributed by atoms with E-state index in [1.54, 1.807) is 25.6 Å². The fourth-order valence-corrected chi connectivity index (χ4v) is 3.30. The SMILES string of the molecule is CCc1nc(N(CCOC)CCOC)sc1CNC1CC1. The average Bonchev–Trinajstić information content (AvgIpc) is 3.24. The van der Waals surface area contributed by atoms with Gasteiger partial charge in [0.1, 0.15) is 0 Å². The molecule has 1 aromatic heterocycles. The Morgan fingerprint density at radius 3 is 2.43 bits per heavy atom. The molecule has 1 saturated carbocycles. The number of ether oxygens (including phenoxy) is 2. The highest BCUT2D eigenvalue weighted by atomic mass is 32.1. The average molecular weight is 313 g/mol. The molecule has 0 aromatic carbocycles. The molecule has 0 saturated heterocycles. The van der Waals surface area contributed by atoms with Gasteiger partial charge in [0.05, 0.1) is 18.9 Å². The lowest BCUT2D eigenvalue weighted by atomic mass is 10.3. The van der Waals surface area contributed by atoms with Crippen LogP contribution in [0.4, 0.5) is 5.13 Å². The van der Waals surface area contributed by atoms with Gasteiger partial charge in [-0.05, 0) is 19.3 Å². The van der Waals surface area contributed by atoms with E-state index in [-0.39, 0.29) is 0 Å². The number of aromatic nitrogens is 1. The molecule has 1 heterocycles. The Hall–Kier alpha value is -0.690. The van der Waals surface area contributed by atoms with Crippen molar-refractivity contribution in [2.24, 2.45) is 0 Å². The number of thiazole rings is 1. The Labute approximate surface area is 131 Å². The third kappa shape index (κ3) is 5.21. The van der Waals surface area contributed by atoms with Crippen LogP contribution < -0.4 is 10.2 Å². The third-order valence-corrected chi connectivity index (χ3v) is 4.79. The third-order valence-electron chi connectivity index (χ3n) is 3.63. The molecule has 6 heteroatoms. The lowest BCUT2D eigenvalue weighted by molar-refractivity contribution is 0.190. The van der Waals surface area contributed by atoms with Crippen LogP contribution in [-0.2, 0) is 22.4 Å². The van der Waals surface area contributed by atoms with Crippen LogP contribution >= 0.6 is 11.3 Å². The van der Waals surface area contributed by atoms with Crippen molar-refractivity contribution < 1.29 is 9.47 Å². The summed E-state index contributed by atoms with van der Waals surface area (Å²) in [4.78, 5) is 8.46. The summed E-state index contributed by atoms with van der Waals surface area (Å²) in [5, 5.41) is 4.68. The first-order valence-electron chi connectivity index (χ1n) is 7.73. The van der Waals surface area contributed by atoms with Crippen LogP contribution in [0.2, 0.25) is 0 Å².